The van der Waals surface area contributed by atoms with Crippen molar-refractivity contribution < 1.29 is 93.9 Å². The molecule has 2 heterocycles. The maximum absolute atomic E-state index is 12.4. The smallest absolute Gasteiger partial charge is 0.755 e. The van der Waals surface area contributed by atoms with Crippen LogP contribution in [0.1, 0.15) is 43.2 Å². The molecule has 0 saturated heterocycles. The number of aliphatic carboxylic acids is 2. The van der Waals surface area contributed by atoms with E-state index >= 15 is 0 Å². The van der Waals surface area contributed by atoms with E-state index in [1.165, 1.54) is 13.8 Å². The molecule has 2 aromatic heterocycles. The minimum absolute atomic E-state index is 0. The molecule has 0 aliphatic carbocycles. The second-order valence-corrected chi connectivity index (χ2v) is 11.2. The van der Waals surface area contributed by atoms with E-state index in [9.17, 15) is 48.3 Å². The Bertz CT molecular complexity index is 1390. The van der Waals surface area contributed by atoms with Gasteiger partial charge in [-0.2, -0.15) is 10.1 Å². The third kappa shape index (κ3) is 12.6. The summed E-state index contributed by atoms with van der Waals surface area (Å²) in [5, 5.41) is 38.7. The molecular formula is C22H26MnN4O16P2. The second kappa shape index (κ2) is 17.5. The van der Waals surface area contributed by atoms with Crippen molar-refractivity contribution in [3.8, 4) is 11.5 Å². The van der Waals surface area contributed by atoms with Crippen LogP contribution in [0.4, 0.5) is 0 Å². The molecule has 20 nitrogen and oxygen atoms in total. The van der Waals surface area contributed by atoms with Crippen molar-refractivity contribution in [3.05, 3.63) is 46.0 Å². The van der Waals surface area contributed by atoms with Gasteiger partial charge in [0, 0.05) is 36.6 Å². The number of aryl methyl sites for hydroxylation is 2. The van der Waals surface area contributed by atoms with Crippen molar-refractivity contribution in [2.45, 2.75) is 27.1 Å². The Labute approximate surface area is 264 Å². The van der Waals surface area contributed by atoms with E-state index in [0.717, 1.165) is 12.4 Å². The number of carboxylic acid groups (broad SMARTS) is 2. The zero-order valence-electron chi connectivity index (χ0n) is 23.3. The molecule has 45 heavy (non-hydrogen) atoms. The van der Waals surface area contributed by atoms with Crippen LogP contribution in [-0.2, 0) is 67.3 Å². The van der Waals surface area contributed by atoms with Crippen LogP contribution in [0.2, 0.25) is 0 Å². The molecule has 2 aromatic rings. The Morgan fingerprint density at radius 1 is 0.800 bits per heavy atom. The van der Waals surface area contributed by atoms with E-state index in [-0.39, 0.29) is 73.4 Å². The van der Waals surface area contributed by atoms with Crippen molar-refractivity contribution in [1.82, 2.24) is 20.1 Å². The second-order valence-electron chi connectivity index (χ2n) is 8.62. The minimum Gasteiger partial charge on any atom is -0.755 e. The van der Waals surface area contributed by atoms with E-state index < -0.39 is 78.5 Å². The zero-order valence-corrected chi connectivity index (χ0v) is 26.3. The van der Waals surface area contributed by atoms with Gasteiger partial charge in [0.2, 0.25) is 0 Å². The summed E-state index contributed by atoms with van der Waals surface area (Å²) in [4.78, 5) is 77.4. The number of aromatic nitrogens is 2. The van der Waals surface area contributed by atoms with E-state index in [0.29, 0.717) is 0 Å². The first-order valence-electron chi connectivity index (χ1n) is 12.0. The number of phosphoric acid groups is 2. The van der Waals surface area contributed by atoms with Gasteiger partial charge in [-0.25, -0.2) is 9.25 Å². The predicted molar refractivity (Wildman–Crippen MR) is 137 cm³/mol. The summed E-state index contributed by atoms with van der Waals surface area (Å²) < 4.78 is 43.3. The summed E-state index contributed by atoms with van der Waals surface area (Å²) in [5.41, 5.74) is -0.799. The number of carboxylic acids is 2. The van der Waals surface area contributed by atoms with Crippen LogP contribution in [0, 0.1) is 13.8 Å². The molecule has 2 rings (SSSR count). The van der Waals surface area contributed by atoms with Gasteiger partial charge in [-0.15, -0.1) is 0 Å². The number of carbonyl (C=O) groups is 4. The Balaban J connectivity index is 0.0000101. The third-order valence-corrected chi connectivity index (χ3v) is 7.11. The number of pyridine rings is 2. The fourth-order valence-electron chi connectivity index (χ4n) is 3.25. The van der Waals surface area contributed by atoms with Gasteiger partial charge < -0.3 is 39.3 Å². The van der Waals surface area contributed by atoms with Crippen LogP contribution in [0.3, 0.4) is 0 Å². The monoisotopic (exact) mass is 719 g/mol. The maximum atomic E-state index is 12.4. The molecule has 0 aliphatic rings. The molecule has 0 bridgehead atoms. The third-order valence-electron chi connectivity index (χ3n) is 5.36. The van der Waals surface area contributed by atoms with Gasteiger partial charge in [-0.3, -0.25) is 38.3 Å². The molecule has 247 valence electrons. The van der Waals surface area contributed by atoms with Crippen LogP contribution in [0.15, 0.2) is 12.4 Å². The molecule has 1 radical (unpaired) electrons. The Morgan fingerprint density at radius 3 is 1.42 bits per heavy atom. The summed E-state index contributed by atoms with van der Waals surface area (Å²) in [7, 11) is -10.8. The zero-order chi connectivity index (χ0) is 33.2. The van der Waals surface area contributed by atoms with Gasteiger partial charge in [0.15, 0.2) is 12.6 Å². The van der Waals surface area contributed by atoms with Crippen molar-refractivity contribution in [2.75, 3.05) is 26.2 Å². The standard InChI is InChI=1S/C22H28N4O16P2.Mn/c1-13-21(33)17(9-27)15(5-23-13)11-39-43(35,36)41-25(7-19(29)30)3-4-26(8-20(31)32)42-44(37,38)40-12-16-6-24-14(2)22(34)18(16)10-28;/h5-6,9-10,33-34H,3-4,7-8,11-12H2,1-2H3,(H,29,30)(H,31,32)(H,35,36)(H,37,38);/q;+2/p-2. The van der Waals surface area contributed by atoms with Gasteiger partial charge in [0.25, 0.3) is 15.6 Å². The summed E-state index contributed by atoms with van der Waals surface area (Å²) in [6, 6.07) is 0. The first-order chi connectivity index (χ1) is 20.5. The Hall–Kier alpha value is -3.16. The topological polar surface area (TPSA) is 299 Å². The fraction of sp³-hybridized carbons (Fsp3) is 0.364. The molecule has 2 unspecified atom stereocenters. The summed E-state index contributed by atoms with van der Waals surface area (Å²) in [6.45, 7) is -2.82. The van der Waals surface area contributed by atoms with Gasteiger partial charge in [-0.1, -0.05) is 0 Å². The van der Waals surface area contributed by atoms with Crippen LogP contribution >= 0.6 is 15.6 Å². The number of carbonyl (C=O) groups excluding carboxylic acids is 2. The van der Waals surface area contributed by atoms with Gasteiger partial charge >= 0.3 is 29.0 Å². The average Bonchev–Trinajstić information content (AvgIpc) is 2.92. The predicted octanol–water partition coefficient (Wildman–Crippen LogP) is -0.566. The number of hydrogen-bond acceptors (Lipinski definition) is 18. The SMILES string of the molecule is Cc1ncc(COP(=O)([O-])ON(CCN(CC(=O)O)OP(=O)([O-])OCc2cnc(C)c(O)c2C=O)CC(=O)O)c(C=O)c1O.[Mn+2]. The van der Waals surface area contributed by atoms with Crippen LogP contribution in [-0.4, -0.2) is 91.2 Å². The molecule has 0 aliphatic heterocycles. The molecule has 0 spiro atoms. The molecule has 0 fully saturated rings. The van der Waals surface area contributed by atoms with Crippen LogP contribution in [0.25, 0.3) is 0 Å². The molecule has 0 saturated carbocycles. The van der Waals surface area contributed by atoms with Crippen molar-refractivity contribution in [1.29, 1.82) is 0 Å². The van der Waals surface area contributed by atoms with Gasteiger partial charge in [0.05, 0.1) is 35.7 Å². The van der Waals surface area contributed by atoms with E-state index in [1.807, 2.05) is 0 Å². The molecule has 2 atom stereocenters. The Morgan fingerprint density at radius 2 is 1.13 bits per heavy atom. The van der Waals surface area contributed by atoms with Crippen LogP contribution < -0.4 is 9.79 Å². The number of nitrogens with zero attached hydrogens (tertiary/aromatic N) is 4. The number of phosphoric ester groups is 2. The summed E-state index contributed by atoms with van der Waals surface area (Å²) >= 11 is 0. The molecule has 4 N–H and O–H groups in total. The maximum Gasteiger partial charge on any atom is 2.00 e. The first kappa shape index (κ1) is 39.9. The van der Waals surface area contributed by atoms with Crippen molar-refractivity contribution >= 4 is 40.2 Å². The van der Waals surface area contributed by atoms with Crippen molar-refractivity contribution in [2.24, 2.45) is 0 Å². The summed E-state index contributed by atoms with van der Waals surface area (Å²) in [6.07, 6.45) is 2.56. The normalized spacial score (nSPS) is 13.9. The quantitative estimate of drug-likeness (QED) is 0.0612. The van der Waals surface area contributed by atoms with Gasteiger partial charge in [0.1, 0.15) is 24.6 Å². The fourth-order valence-corrected chi connectivity index (χ4v) is 4.78. The van der Waals surface area contributed by atoms with Crippen LogP contribution in [0.5, 0.6) is 11.5 Å². The number of aldehydes is 2. The number of aromatic hydroxyl groups is 2. The molecule has 23 heteroatoms. The van der Waals surface area contributed by atoms with E-state index in [1.54, 1.807) is 0 Å². The van der Waals surface area contributed by atoms with E-state index in [4.69, 9.17) is 10.2 Å². The van der Waals surface area contributed by atoms with E-state index in [2.05, 4.69) is 28.3 Å². The Kier molecular flexibility index (Phi) is 15.5. The molecular weight excluding hydrogens is 693 g/mol. The number of hydrogen-bond donors (Lipinski definition) is 4. The summed E-state index contributed by atoms with van der Waals surface area (Å²) in [5.74, 6) is -4.28. The first-order valence-corrected chi connectivity index (χ1v) is 14.9. The number of rotatable bonds is 19. The largest absolute Gasteiger partial charge is 2.00 e. The molecule has 0 aromatic carbocycles. The minimum atomic E-state index is -5.40. The van der Waals surface area contributed by atoms with Gasteiger partial charge in [-0.05, 0) is 13.8 Å². The average molecular weight is 719 g/mol. The molecule has 0 amide bonds. The van der Waals surface area contributed by atoms with Crippen molar-refractivity contribution in [3.63, 3.8) is 0 Å². The number of hydroxylamine groups is 4.